The summed E-state index contributed by atoms with van der Waals surface area (Å²) in [6, 6.07) is 4.39. The number of halogens is 2. The molecular formula is C11H12BrFO2. The highest BCUT2D eigenvalue weighted by molar-refractivity contribution is 9.10. The normalized spacial score (nSPS) is 11.5. The second-order valence-electron chi connectivity index (χ2n) is 3.89. The molecule has 0 aliphatic rings. The number of hydrogen-bond acceptors (Lipinski definition) is 2. The minimum atomic E-state index is -1.42. The van der Waals surface area contributed by atoms with Crippen LogP contribution in [0.4, 0.5) is 4.39 Å². The second kappa shape index (κ2) is 4.41. The van der Waals surface area contributed by atoms with Gasteiger partial charge in [0.2, 0.25) is 0 Å². The lowest BCUT2D eigenvalue weighted by molar-refractivity contribution is -0.133. The number of carbonyl (C=O) groups excluding carboxylic acids is 1. The minimum Gasteiger partial charge on any atom is -0.383 e. The van der Waals surface area contributed by atoms with Gasteiger partial charge in [-0.3, -0.25) is 4.79 Å². The van der Waals surface area contributed by atoms with E-state index < -0.39 is 17.2 Å². The predicted octanol–water partition coefficient (Wildman–Crippen LogP) is 2.47. The highest BCUT2D eigenvalue weighted by Crippen LogP contribution is 2.18. The summed E-state index contributed by atoms with van der Waals surface area (Å²) in [4.78, 5) is 11.5. The largest absolute Gasteiger partial charge is 0.383 e. The molecule has 0 radical (unpaired) electrons. The van der Waals surface area contributed by atoms with E-state index in [9.17, 15) is 14.3 Å². The van der Waals surface area contributed by atoms with Crippen molar-refractivity contribution >= 4 is 21.7 Å². The van der Waals surface area contributed by atoms with Crippen LogP contribution in [-0.4, -0.2) is 16.5 Å². The average molecular weight is 275 g/mol. The molecule has 0 spiro atoms. The summed E-state index contributed by atoms with van der Waals surface area (Å²) in [6.07, 6.45) is -0.102. The zero-order valence-electron chi connectivity index (χ0n) is 8.55. The standard InChI is InChI=1S/C11H12BrFO2/c1-11(2,15)10(14)6-7-5-8(12)3-4-9(7)13/h3-5,15H,6H2,1-2H3. The monoisotopic (exact) mass is 274 g/mol. The van der Waals surface area contributed by atoms with Crippen molar-refractivity contribution in [1.29, 1.82) is 0 Å². The molecule has 0 amide bonds. The van der Waals surface area contributed by atoms with E-state index in [1.807, 2.05) is 0 Å². The molecule has 2 nitrogen and oxygen atoms in total. The van der Waals surface area contributed by atoms with Gasteiger partial charge in [-0.05, 0) is 37.6 Å². The zero-order chi connectivity index (χ0) is 11.6. The third-order valence-electron chi connectivity index (χ3n) is 2.04. The van der Waals surface area contributed by atoms with E-state index in [4.69, 9.17) is 0 Å². The molecule has 1 rings (SSSR count). The molecule has 0 atom stereocenters. The van der Waals surface area contributed by atoms with Gasteiger partial charge in [0.1, 0.15) is 11.4 Å². The van der Waals surface area contributed by atoms with Crippen LogP contribution >= 0.6 is 15.9 Å². The first kappa shape index (κ1) is 12.3. The van der Waals surface area contributed by atoms with E-state index in [2.05, 4.69) is 15.9 Å². The van der Waals surface area contributed by atoms with Gasteiger partial charge in [0.05, 0.1) is 0 Å². The highest BCUT2D eigenvalue weighted by atomic mass is 79.9. The van der Waals surface area contributed by atoms with Crippen molar-refractivity contribution in [3.05, 3.63) is 34.1 Å². The van der Waals surface area contributed by atoms with E-state index in [0.717, 1.165) is 0 Å². The van der Waals surface area contributed by atoms with Gasteiger partial charge < -0.3 is 5.11 Å². The van der Waals surface area contributed by atoms with Crippen LogP contribution in [0.1, 0.15) is 19.4 Å². The summed E-state index contributed by atoms with van der Waals surface area (Å²) in [6.45, 7) is 2.79. The molecular weight excluding hydrogens is 263 g/mol. The topological polar surface area (TPSA) is 37.3 Å². The molecule has 4 heteroatoms. The number of rotatable bonds is 3. The molecule has 0 saturated heterocycles. The summed E-state index contributed by atoms with van der Waals surface area (Å²) in [5.41, 5.74) is -1.13. The van der Waals surface area contributed by atoms with Gasteiger partial charge in [-0.25, -0.2) is 4.39 Å². The summed E-state index contributed by atoms with van der Waals surface area (Å²) >= 11 is 3.20. The maximum absolute atomic E-state index is 13.3. The van der Waals surface area contributed by atoms with Crippen LogP contribution in [0.2, 0.25) is 0 Å². The van der Waals surface area contributed by atoms with Gasteiger partial charge >= 0.3 is 0 Å². The van der Waals surface area contributed by atoms with Crippen molar-refractivity contribution in [3.63, 3.8) is 0 Å². The smallest absolute Gasteiger partial charge is 0.168 e. The first-order chi connectivity index (χ1) is 6.80. The first-order valence-electron chi connectivity index (χ1n) is 4.50. The molecule has 0 bridgehead atoms. The molecule has 0 aromatic heterocycles. The van der Waals surface area contributed by atoms with Crippen molar-refractivity contribution in [1.82, 2.24) is 0 Å². The van der Waals surface area contributed by atoms with Crippen LogP contribution in [0.15, 0.2) is 22.7 Å². The van der Waals surface area contributed by atoms with Crippen molar-refractivity contribution in [2.75, 3.05) is 0 Å². The van der Waals surface area contributed by atoms with Crippen LogP contribution in [0, 0.1) is 5.82 Å². The summed E-state index contributed by atoms with van der Waals surface area (Å²) in [5.74, 6) is -0.838. The Bertz CT molecular complexity index is 383. The number of benzene rings is 1. The third-order valence-corrected chi connectivity index (χ3v) is 2.53. The number of ketones is 1. The van der Waals surface area contributed by atoms with Gasteiger partial charge in [0.15, 0.2) is 5.78 Å². The van der Waals surface area contributed by atoms with Crippen molar-refractivity contribution in [2.24, 2.45) is 0 Å². The Labute approximate surface area is 96.2 Å². The summed E-state index contributed by atoms with van der Waals surface area (Å²) in [5, 5.41) is 9.42. The van der Waals surface area contributed by atoms with Crippen molar-refractivity contribution in [2.45, 2.75) is 25.9 Å². The van der Waals surface area contributed by atoms with Crippen molar-refractivity contribution < 1.29 is 14.3 Å². The Morgan fingerprint density at radius 1 is 1.53 bits per heavy atom. The second-order valence-corrected chi connectivity index (χ2v) is 4.81. The molecule has 0 heterocycles. The maximum atomic E-state index is 13.3. The SMILES string of the molecule is CC(C)(O)C(=O)Cc1cc(Br)ccc1F. The van der Waals surface area contributed by atoms with E-state index in [1.54, 1.807) is 12.1 Å². The minimum absolute atomic E-state index is 0.102. The fourth-order valence-electron chi connectivity index (χ4n) is 1.07. The number of Topliss-reactive ketones (excluding diaryl/α,β-unsaturated/α-hetero) is 1. The molecule has 15 heavy (non-hydrogen) atoms. The number of hydrogen-bond donors (Lipinski definition) is 1. The molecule has 1 aromatic rings. The van der Waals surface area contributed by atoms with Gasteiger partial charge in [0.25, 0.3) is 0 Å². The van der Waals surface area contributed by atoms with Crippen molar-refractivity contribution in [3.8, 4) is 0 Å². The lowest BCUT2D eigenvalue weighted by atomic mass is 9.97. The maximum Gasteiger partial charge on any atom is 0.168 e. The van der Waals surface area contributed by atoms with Gasteiger partial charge in [0, 0.05) is 10.9 Å². The van der Waals surface area contributed by atoms with Crippen LogP contribution in [0.25, 0.3) is 0 Å². The third kappa shape index (κ3) is 3.39. The van der Waals surface area contributed by atoms with Crippen LogP contribution < -0.4 is 0 Å². The van der Waals surface area contributed by atoms with Gasteiger partial charge in [-0.1, -0.05) is 15.9 Å². The molecule has 0 saturated carbocycles. The van der Waals surface area contributed by atoms with E-state index >= 15 is 0 Å². The zero-order valence-corrected chi connectivity index (χ0v) is 10.1. The number of carbonyl (C=O) groups is 1. The summed E-state index contributed by atoms with van der Waals surface area (Å²) < 4.78 is 14.0. The molecule has 0 aliphatic carbocycles. The lowest BCUT2D eigenvalue weighted by Crippen LogP contribution is -2.32. The quantitative estimate of drug-likeness (QED) is 0.920. The molecule has 0 fully saturated rings. The predicted molar refractivity (Wildman–Crippen MR) is 59.1 cm³/mol. The van der Waals surface area contributed by atoms with Crippen LogP contribution in [-0.2, 0) is 11.2 Å². The van der Waals surface area contributed by atoms with Gasteiger partial charge in [-0.15, -0.1) is 0 Å². The summed E-state index contributed by atoms with van der Waals surface area (Å²) in [7, 11) is 0. The van der Waals surface area contributed by atoms with Crippen LogP contribution in [0.5, 0.6) is 0 Å². The Morgan fingerprint density at radius 2 is 2.13 bits per heavy atom. The average Bonchev–Trinajstić information content (AvgIpc) is 2.09. The van der Waals surface area contributed by atoms with E-state index in [0.29, 0.717) is 4.47 Å². The van der Waals surface area contributed by atoms with Crippen LogP contribution in [0.3, 0.4) is 0 Å². The molecule has 1 N–H and O–H groups in total. The lowest BCUT2D eigenvalue weighted by Gasteiger charge is -2.15. The van der Waals surface area contributed by atoms with E-state index in [1.165, 1.54) is 19.9 Å². The molecule has 0 aliphatic heterocycles. The fraction of sp³-hybridized carbons (Fsp3) is 0.364. The number of aliphatic hydroxyl groups is 1. The Kier molecular flexibility index (Phi) is 3.62. The van der Waals surface area contributed by atoms with Gasteiger partial charge in [-0.2, -0.15) is 0 Å². The highest BCUT2D eigenvalue weighted by Gasteiger charge is 2.24. The Morgan fingerprint density at radius 3 is 2.67 bits per heavy atom. The first-order valence-corrected chi connectivity index (χ1v) is 5.29. The Hall–Kier alpha value is -0.740. The Balaban J connectivity index is 2.90. The fourth-order valence-corrected chi connectivity index (χ4v) is 1.48. The molecule has 1 aromatic carbocycles. The molecule has 0 unspecified atom stereocenters. The van der Waals surface area contributed by atoms with E-state index in [-0.39, 0.29) is 12.0 Å². The molecule has 82 valence electrons.